The average Bonchev–Trinajstić information content (AvgIpc) is 1.62. The van der Waals surface area contributed by atoms with Crippen LogP contribution >= 0.6 is 0 Å². The van der Waals surface area contributed by atoms with E-state index in [0.717, 1.165) is 168 Å². The lowest BCUT2D eigenvalue weighted by atomic mass is 9.80. The highest BCUT2D eigenvalue weighted by molar-refractivity contribution is 5.80. The third-order valence-electron chi connectivity index (χ3n) is 35.4. The molecule has 0 heterocycles. The van der Waals surface area contributed by atoms with Gasteiger partial charge in [0.15, 0.2) is 0 Å². The molecule has 21 unspecified atom stereocenters. The molecule has 15 aliphatic carbocycles. The number of allylic oxidation sites excluding steroid dienone is 6. The molecule has 0 N–H and O–H groups in total. The van der Waals surface area contributed by atoms with Crippen LogP contribution in [0.3, 0.4) is 0 Å². The van der Waals surface area contributed by atoms with Gasteiger partial charge in [-0.05, 0) is 424 Å². The molecular formula is C135H180O9. The van der Waals surface area contributed by atoms with Crippen molar-refractivity contribution in [2.24, 2.45) is 88.8 Å². The van der Waals surface area contributed by atoms with E-state index in [1.807, 2.05) is 0 Å². The second-order valence-corrected chi connectivity index (χ2v) is 47.1. The Morgan fingerprint density at radius 1 is 0.243 bits per heavy atom. The van der Waals surface area contributed by atoms with Crippen LogP contribution in [-0.4, -0.2) is 91.6 Å². The first kappa shape index (κ1) is 109. The van der Waals surface area contributed by atoms with E-state index in [-0.39, 0.29) is 6.10 Å². The summed E-state index contributed by atoms with van der Waals surface area (Å²) >= 11 is 0. The molecule has 0 spiro atoms. The van der Waals surface area contributed by atoms with Crippen LogP contribution in [0.15, 0.2) is 237 Å². The van der Waals surface area contributed by atoms with Gasteiger partial charge in [0.2, 0.25) is 0 Å². The lowest BCUT2D eigenvalue weighted by molar-refractivity contribution is -0.0631. The summed E-state index contributed by atoms with van der Waals surface area (Å²) in [6, 6.07) is 71.8. The molecule has 144 heavy (non-hydrogen) atoms. The van der Waals surface area contributed by atoms with Crippen LogP contribution in [0.2, 0.25) is 0 Å². The van der Waals surface area contributed by atoms with Crippen LogP contribution < -0.4 is 0 Å². The molecule has 15 aliphatic rings. The average molecular weight is 1950 g/mol. The molecule has 21 atom stereocenters. The van der Waals surface area contributed by atoms with Gasteiger partial charge in [-0.25, -0.2) is 0 Å². The SMILES string of the molecule is CC(C)C(C)OC1CC2CC1C1C=CCC21.CC(C)C(C)OC1Cc2ccccc2C1.CC(C)C(C)OCc1cccc2c1Cc1ccccc1-2.CC(C)OC1CC2CC1C1C=CCC21.CC(C)OC1Cc2ccccc2C1.CC(C)OCc1cccc2c1Cc1ccccc1-2.CCC(C)OC1CC2CC1C1C=CCC21.CCC(C)OC1Cc2ccccc2C1.CCC(C)OCc1cccc2c1Cc1ccccc1-2. The van der Waals surface area contributed by atoms with E-state index in [9.17, 15) is 0 Å². The maximum atomic E-state index is 6.28. The van der Waals surface area contributed by atoms with E-state index in [2.05, 4.69) is 382 Å². The molecule has 9 aromatic rings. The van der Waals surface area contributed by atoms with Crippen molar-refractivity contribution in [3.05, 3.63) is 320 Å². The van der Waals surface area contributed by atoms with Crippen molar-refractivity contribution in [2.45, 2.75) is 392 Å². The van der Waals surface area contributed by atoms with Gasteiger partial charge in [0, 0.05) is 0 Å². The number of rotatable bonds is 27. The normalized spacial score (nSPS) is 25.6. The summed E-state index contributed by atoms with van der Waals surface area (Å²) in [6.07, 6.45) is 46.3. The molecule has 774 valence electrons. The van der Waals surface area contributed by atoms with Crippen LogP contribution in [0.25, 0.3) is 33.4 Å². The zero-order chi connectivity index (χ0) is 101. The Morgan fingerprint density at radius 3 is 0.875 bits per heavy atom. The predicted molar refractivity (Wildman–Crippen MR) is 598 cm³/mol. The quantitative estimate of drug-likeness (QED) is 0.0468. The summed E-state index contributed by atoms with van der Waals surface area (Å²) in [4.78, 5) is 0. The minimum Gasteiger partial charge on any atom is -0.375 e. The van der Waals surface area contributed by atoms with Gasteiger partial charge in [0.25, 0.3) is 0 Å². The Bertz CT molecular complexity index is 5570. The number of fused-ring (bicyclic) bond motifs is 27. The first-order valence-corrected chi connectivity index (χ1v) is 57.2. The van der Waals surface area contributed by atoms with Crippen molar-refractivity contribution in [3.63, 3.8) is 0 Å². The molecule has 9 nitrogen and oxygen atoms in total. The Balaban J connectivity index is 0.000000117. The van der Waals surface area contributed by atoms with Gasteiger partial charge in [-0.2, -0.15) is 0 Å². The molecular weight excluding hydrogens is 1770 g/mol. The Hall–Kier alpha value is -8.16. The third-order valence-corrected chi connectivity index (χ3v) is 35.4. The van der Waals surface area contributed by atoms with Crippen molar-refractivity contribution in [3.8, 4) is 33.4 Å². The van der Waals surface area contributed by atoms with Crippen molar-refractivity contribution in [1.82, 2.24) is 0 Å². The van der Waals surface area contributed by atoms with E-state index in [0.29, 0.717) is 103 Å². The smallest absolute Gasteiger partial charge is 0.0723 e. The predicted octanol–water partition coefficient (Wildman–Crippen LogP) is 32.4. The molecule has 9 heteroatoms. The van der Waals surface area contributed by atoms with Crippen LogP contribution in [0, 0.1) is 88.8 Å². The van der Waals surface area contributed by atoms with E-state index < -0.39 is 0 Å². The maximum Gasteiger partial charge on any atom is 0.0723 e. The third kappa shape index (κ3) is 27.2. The van der Waals surface area contributed by atoms with Gasteiger partial charge >= 0.3 is 0 Å². The highest BCUT2D eigenvalue weighted by Gasteiger charge is 2.56. The summed E-state index contributed by atoms with van der Waals surface area (Å²) in [5.41, 5.74) is 29.8. The van der Waals surface area contributed by atoms with Gasteiger partial charge in [-0.15, -0.1) is 0 Å². The molecule has 9 aromatic carbocycles. The highest BCUT2D eigenvalue weighted by atomic mass is 16.5. The number of ether oxygens (including phenoxy) is 9. The molecule has 0 aromatic heterocycles. The first-order chi connectivity index (χ1) is 69.6. The van der Waals surface area contributed by atoms with Crippen molar-refractivity contribution in [1.29, 1.82) is 0 Å². The zero-order valence-corrected chi connectivity index (χ0v) is 92.0. The van der Waals surface area contributed by atoms with Gasteiger partial charge in [-0.1, -0.05) is 299 Å². The van der Waals surface area contributed by atoms with Crippen LogP contribution in [-0.2, 0) is 120 Å². The Kier molecular flexibility index (Phi) is 38.7. The van der Waals surface area contributed by atoms with Gasteiger partial charge < -0.3 is 42.6 Å². The number of benzene rings is 9. The first-order valence-electron chi connectivity index (χ1n) is 57.2. The fraction of sp³-hybridized carbons (Fsp3) is 0.556. The van der Waals surface area contributed by atoms with E-state index in [4.69, 9.17) is 42.6 Å². The zero-order valence-electron chi connectivity index (χ0n) is 92.0. The summed E-state index contributed by atoms with van der Waals surface area (Å²) < 4.78 is 53.9. The minimum atomic E-state index is 0.282. The van der Waals surface area contributed by atoms with Crippen LogP contribution in [0.1, 0.15) is 306 Å². The van der Waals surface area contributed by atoms with Crippen molar-refractivity contribution < 1.29 is 42.6 Å². The van der Waals surface area contributed by atoms with Crippen LogP contribution in [0.4, 0.5) is 0 Å². The molecule has 0 aliphatic heterocycles. The minimum absolute atomic E-state index is 0.282. The fourth-order valence-corrected chi connectivity index (χ4v) is 26.3. The summed E-state index contributed by atoms with van der Waals surface area (Å²) in [7, 11) is 0. The van der Waals surface area contributed by atoms with Crippen molar-refractivity contribution >= 4 is 0 Å². The number of hydrogen-bond acceptors (Lipinski definition) is 9. The number of hydrogen-bond donors (Lipinski definition) is 0. The summed E-state index contributed by atoms with van der Waals surface area (Å²) in [5.74, 6) is 12.9. The maximum absolute atomic E-state index is 6.28. The second kappa shape index (κ2) is 51.4. The molecule has 6 bridgehead atoms. The monoisotopic (exact) mass is 1950 g/mol. The van der Waals surface area contributed by atoms with Crippen molar-refractivity contribution in [2.75, 3.05) is 0 Å². The van der Waals surface area contributed by atoms with Gasteiger partial charge in [0.1, 0.15) is 0 Å². The lowest BCUT2D eigenvalue weighted by Crippen LogP contribution is -2.34. The Morgan fingerprint density at radius 2 is 0.535 bits per heavy atom. The molecule has 6 saturated carbocycles. The summed E-state index contributed by atoms with van der Waals surface area (Å²) in [6.45, 7) is 47.8. The topological polar surface area (TPSA) is 83.1 Å². The molecule has 0 radical (unpaired) electrons. The lowest BCUT2D eigenvalue weighted by Gasteiger charge is -2.33. The largest absolute Gasteiger partial charge is 0.375 e. The van der Waals surface area contributed by atoms with Gasteiger partial charge in [-0.3, -0.25) is 0 Å². The molecule has 24 rings (SSSR count). The van der Waals surface area contributed by atoms with Gasteiger partial charge in [0.05, 0.1) is 111 Å². The standard InChI is InChI=1S/C19H22O.C18H20O.C17H18O.C15H24O.C14H22O.C14H20O.C13H20O.C13H18O.C12H16O/c1-13(2)14(3)20-12-16-8-6-10-18-17-9-5-4-7-15(17)11-19(16)18;1-3-13(2)19-12-15-8-6-10-17-16-9-5-4-7-14(16)11-18(15)17;1-12(2)18-11-14-7-5-9-16-15-8-4-3-6-13(15)10-17(14)16;1-9(2)10(3)16-15-8-11-7-14(15)13-6-4-5-12(11)13;1-3-9(2)15-14-8-10-7-13(14)12-6-4-5-11(10)12;1-10(2)11(3)15-14-8-12-6-4-5-7-13(12)9-14;1-8(2)14-13-7-9-6-12(13)11-5-3-4-10(9)11;1-3-10(2)14-13-8-11-6-4-5-7-12(11)9-13;1-9(2)13-12-7-10-5-3-4-6-11(10)8-12/h4-10,13-14H,11-12H2,1-3H3;4-10,13H,3,11-12H2,1-2H3;3-9,12H,10-11H2,1-2H3;4,6,9-15H,5,7-8H2,1-3H3;4,6,9-14H,3,5,7-8H2,1-2H3;4-7,10-11,14H,8-9H2,1-3H3;3,5,8-13H,4,6-7H2,1-2H3;4-7,10,13H,3,8-9H2,1-2H3;3-6,9,12H,7-8H2,1-2H3. The second-order valence-electron chi connectivity index (χ2n) is 47.1. The Labute approximate surface area is 870 Å². The van der Waals surface area contributed by atoms with E-state index in [1.165, 1.54) is 175 Å². The fourth-order valence-electron chi connectivity index (χ4n) is 26.3. The summed E-state index contributed by atoms with van der Waals surface area (Å²) in [5, 5.41) is 0. The van der Waals surface area contributed by atoms with Crippen LogP contribution in [0.5, 0.6) is 0 Å². The molecule has 0 amide bonds. The molecule has 0 saturated heterocycles. The van der Waals surface area contributed by atoms with E-state index >= 15 is 0 Å². The van der Waals surface area contributed by atoms with E-state index in [1.54, 1.807) is 0 Å². The highest BCUT2D eigenvalue weighted by Crippen LogP contribution is 2.60. The molecule has 6 fully saturated rings.